The van der Waals surface area contributed by atoms with Gasteiger partial charge in [0.1, 0.15) is 11.9 Å². The third kappa shape index (κ3) is 4.00. The number of carbonyl (C=O) groups is 1. The Morgan fingerprint density at radius 3 is 3.00 bits per heavy atom. The summed E-state index contributed by atoms with van der Waals surface area (Å²) >= 11 is 1.40. The number of benzene rings is 1. The lowest BCUT2D eigenvalue weighted by Crippen LogP contribution is -2.37. The molecule has 1 aromatic rings. The molecular weight excluding hydrogens is 388 g/mol. The molecule has 3 atom stereocenters. The van der Waals surface area contributed by atoms with E-state index >= 15 is 0 Å². The van der Waals surface area contributed by atoms with Crippen molar-refractivity contribution in [2.45, 2.75) is 36.8 Å². The molecule has 0 aromatic heterocycles. The first kappa shape index (κ1) is 18.8. The summed E-state index contributed by atoms with van der Waals surface area (Å²) in [4.78, 5) is 18.7. The van der Waals surface area contributed by atoms with Crippen LogP contribution in [0.1, 0.15) is 18.4 Å². The largest absolute Gasteiger partial charge is 0.497 e. The Morgan fingerprint density at radius 2 is 2.26 bits per heavy atom. The van der Waals surface area contributed by atoms with Gasteiger partial charge in [0.05, 0.1) is 24.7 Å². The Morgan fingerprint density at radius 1 is 1.41 bits per heavy atom. The van der Waals surface area contributed by atoms with Crippen molar-refractivity contribution in [1.29, 1.82) is 0 Å². The molecule has 3 fully saturated rings. The fraction of sp³-hybridized carbons (Fsp3) is 0.556. The zero-order valence-electron chi connectivity index (χ0n) is 15.0. The number of fused-ring (bicyclic) bond motifs is 1. The van der Waals surface area contributed by atoms with E-state index in [4.69, 9.17) is 9.47 Å². The third-order valence-electron chi connectivity index (χ3n) is 5.07. The average Bonchev–Trinajstić information content (AvgIpc) is 3.32. The molecule has 146 valence electrons. The van der Waals surface area contributed by atoms with E-state index in [2.05, 4.69) is 4.99 Å². The number of amides is 1. The summed E-state index contributed by atoms with van der Waals surface area (Å²) in [6, 6.07) is 7.47. The van der Waals surface area contributed by atoms with E-state index in [1.807, 2.05) is 29.2 Å². The van der Waals surface area contributed by atoms with Crippen LogP contribution in [-0.2, 0) is 25.9 Å². The quantitative estimate of drug-likeness (QED) is 0.743. The minimum absolute atomic E-state index is 0.0864. The molecule has 0 saturated carbocycles. The van der Waals surface area contributed by atoms with Gasteiger partial charge < -0.3 is 14.4 Å². The summed E-state index contributed by atoms with van der Waals surface area (Å²) in [5.41, 5.74) is 0.983. The van der Waals surface area contributed by atoms with Gasteiger partial charge in [-0.05, 0) is 30.5 Å². The van der Waals surface area contributed by atoms with E-state index in [-0.39, 0.29) is 28.7 Å². The van der Waals surface area contributed by atoms with Crippen LogP contribution in [0.4, 0.5) is 0 Å². The molecule has 3 aliphatic rings. The first-order valence-electron chi connectivity index (χ1n) is 8.96. The number of hydrogen-bond donors (Lipinski definition) is 0. The van der Waals surface area contributed by atoms with Crippen LogP contribution in [-0.4, -0.2) is 67.0 Å². The Bertz CT molecular complexity index is 864. The monoisotopic (exact) mass is 410 g/mol. The van der Waals surface area contributed by atoms with Gasteiger partial charge in [-0.3, -0.25) is 4.79 Å². The number of amidine groups is 1. The van der Waals surface area contributed by atoms with Crippen LogP contribution in [0.25, 0.3) is 0 Å². The van der Waals surface area contributed by atoms with Gasteiger partial charge in [-0.25, -0.2) is 8.42 Å². The lowest BCUT2D eigenvalue weighted by atomic mass is 10.1. The molecule has 0 unspecified atom stereocenters. The van der Waals surface area contributed by atoms with Crippen LogP contribution < -0.4 is 4.74 Å². The lowest BCUT2D eigenvalue weighted by Gasteiger charge is -2.24. The molecule has 0 spiro atoms. The second-order valence-electron chi connectivity index (χ2n) is 7.01. The second kappa shape index (κ2) is 7.44. The number of hydrogen-bond acceptors (Lipinski definition) is 6. The van der Waals surface area contributed by atoms with Gasteiger partial charge in [0.2, 0.25) is 0 Å². The van der Waals surface area contributed by atoms with Crippen LogP contribution in [0.15, 0.2) is 29.3 Å². The van der Waals surface area contributed by atoms with E-state index in [9.17, 15) is 13.2 Å². The average molecular weight is 411 g/mol. The van der Waals surface area contributed by atoms with Crippen molar-refractivity contribution >= 4 is 32.7 Å². The summed E-state index contributed by atoms with van der Waals surface area (Å²) in [5, 5.41) is 0.514. The van der Waals surface area contributed by atoms with Crippen molar-refractivity contribution in [2.24, 2.45) is 4.99 Å². The lowest BCUT2D eigenvalue weighted by molar-refractivity contribution is -0.126. The Labute approximate surface area is 163 Å². The molecule has 4 rings (SSSR count). The van der Waals surface area contributed by atoms with E-state index in [0.717, 1.165) is 17.7 Å². The zero-order valence-corrected chi connectivity index (χ0v) is 16.7. The summed E-state index contributed by atoms with van der Waals surface area (Å²) in [5.74, 6) is 0.698. The molecular formula is C18H22N2O5S2. The standard InChI is InChI=1S/C18H22N2O5S2/c1-24-13-5-2-4-12(8-13)9-20-14-10-27(22,23)11-16(14)26-18(20)19-17(21)15-6-3-7-25-15/h2,4-5,8,14-16H,3,6-7,9-11H2,1H3/t14-,15-,16-/m0/s1. The Hall–Kier alpha value is -1.58. The molecule has 3 saturated heterocycles. The van der Waals surface area contributed by atoms with E-state index < -0.39 is 15.9 Å². The molecule has 7 nitrogen and oxygen atoms in total. The van der Waals surface area contributed by atoms with Gasteiger partial charge in [0.15, 0.2) is 15.0 Å². The molecule has 27 heavy (non-hydrogen) atoms. The Balaban J connectivity index is 1.60. The maximum absolute atomic E-state index is 12.5. The van der Waals surface area contributed by atoms with Gasteiger partial charge >= 0.3 is 0 Å². The van der Waals surface area contributed by atoms with Crippen LogP contribution in [0.2, 0.25) is 0 Å². The number of aliphatic imine (C=N–C) groups is 1. The maximum atomic E-state index is 12.5. The predicted octanol–water partition coefficient (Wildman–Crippen LogP) is 1.47. The highest BCUT2D eigenvalue weighted by Crippen LogP contribution is 2.39. The zero-order chi connectivity index (χ0) is 19.0. The van der Waals surface area contributed by atoms with Crippen molar-refractivity contribution < 1.29 is 22.7 Å². The smallest absolute Gasteiger partial charge is 0.277 e. The fourth-order valence-electron chi connectivity index (χ4n) is 3.73. The fourth-order valence-corrected chi connectivity index (χ4v) is 7.68. The van der Waals surface area contributed by atoms with Crippen molar-refractivity contribution in [3.8, 4) is 5.75 Å². The van der Waals surface area contributed by atoms with Gasteiger partial charge in [-0.15, -0.1) is 0 Å². The van der Waals surface area contributed by atoms with E-state index in [0.29, 0.717) is 24.7 Å². The SMILES string of the molecule is COc1cccc(CN2C(=NC(=O)[C@@H]3CCCO3)S[C@H]3CS(=O)(=O)C[C@@H]32)c1. The number of nitrogens with zero attached hydrogens (tertiary/aromatic N) is 2. The van der Waals surface area contributed by atoms with Gasteiger partial charge in [-0.1, -0.05) is 23.9 Å². The van der Waals surface area contributed by atoms with E-state index in [1.54, 1.807) is 7.11 Å². The van der Waals surface area contributed by atoms with Crippen LogP contribution in [0.5, 0.6) is 5.75 Å². The van der Waals surface area contributed by atoms with Crippen molar-refractivity contribution in [3.05, 3.63) is 29.8 Å². The molecule has 3 heterocycles. The second-order valence-corrected chi connectivity index (χ2v) is 10.4. The first-order valence-corrected chi connectivity index (χ1v) is 11.7. The van der Waals surface area contributed by atoms with Gasteiger partial charge in [0.25, 0.3) is 5.91 Å². The van der Waals surface area contributed by atoms with Crippen molar-refractivity contribution in [1.82, 2.24) is 4.90 Å². The molecule has 0 aliphatic carbocycles. The number of methoxy groups -OCH3 is 1. The molecule has 1 amide bonds. The maximum Gasteiger partial charge on any atom is 0.277 e. The summed E-state index contributed by atoms with van der Waals surface area (Å²) in [6.45, 7) is 1.07. The minimum Gasteiger partial charge on any atom is -0.497 e. The highest BCUT2D eigenvalue weighted by Gasteiger charge is 2.48. The molecule has 1 aromatic carbocycles. The predicted molar refractivity (Wildman–Crippen MR) is 104 cm³/mol. The molecule has 0 radical (unpaired) electrons. The molecule has 3 aliphatic heterocycles. The van der Waals surface area contributed by atoms with Crippen LogP contribution in [0.3, 0.4) is 0 Å². The normalized spacial score (nSPS) is 30.6. The number of ether oxygens (including phenoxy) is 2. The number of sulfone groups is 1. The molecule has 0 bridgehead atoms. The van der Waals surface area contributed by atoms with Crippen molar-refractivity contribution in [3.63, 3.8) is 0 Å². The van der Waals surface area contributed by atoms with Gasteiger partial charge in [-0.2, -0.15) is 4.99 Å². The number of carbonyl (C=O) groups excluding carboxylic acids is 1. The molecule has 0 N–H and O–H groups in total. The van der Waals surface area contributed by atoms with Crippen LogP contribution in [0, 0.1) is 0 Å². The highest BCUT2D eigenvalue weighted by atomic mass is 32.2. The van der Waals surface area contributed by atoms with Crippen molar-refractivity contribution in [2.75, 3.05) is 25.2 Å². The summed E-state index contributed by atoms with van der Waals surface area (Å²) in [6.07, 6.45) is 1.09. The topological polar surface area (TPSA) is 85.3 Å². The van der Waals surface area contributed by atoms with Crippen LogP contribution >= 0.6 is 11.8 Å². The van der Waals surface area contributed by atoms with Gasteiger partial charge in [0, 0.05) is 18.4 Å². The minimum atomic E-state index is -3.06. The summed E-state index contributed by atoms with van der Waals surface area (Å²) < 4.78 is 34.9. The van der Waals surface area contributed by atoms with E-state index in [1.165, 1.54) is 11.8 Å². The first-order chi connectivity index (χ1) is 12.9. The third-order valence-corrected chi connectivity index (χ3v) is 8.32. The number of thioether (sulfide) groups is 1. The summed E-state index contributed by atoms with van der Waals surface area (Å²) in [7, 11) is -1.45. The number of rotatable bonds is 4. The molecule has 9 heteroatoms. The highest BCUT2D eigenvalue weighted by molar-refractivity contribution is 8.15. The Kier molecular flexibility index (Phi) is 5.17.